The van der Waals surface area contributed by atoms with Gasteiger partial charge in [0.05, 0.1) is 15.7 Å². The third-order valence-corrected chi connectivity index (χ3v) is 6.86. The van der Waals surface area contributed by atoms with Crippen LogP contribution in [0.25, 0.3) is 0 Å². The third kappa shape index (κ3) is 4.82. The van der Waals surface area contributed by atoms with Crippen LogP contribution in [0.5, 0.6) is 0 Å². The minimum atomic E-state index is -1.06. The van der Waals surface area contributed by atoms with Gasteiger partial charge in [0, 0.05) is 30.9 Å². The fourth-order valence-corrected chi connectivity index (χ4v) is 4.50. The van der Waals surface area contributed by atoms with Gasteiger partial charge in [-0.25, -0.2) is 9.78 Å². The molecule has 172 valence electrons. The summed E-state index contributed by atoms with van der Waals surface area (Å²) >= 11 is 13.3. The Morgan fingerprint density at radius 1 is 1.19 bits per heavy atom. The summed E-state index contributed by atoms with van der Waals surface area (Å²) in [4.78, 5) is 48.3. The molecule has 1 saturated heterocycles. The maximum absolute atomic E-state index is 13.4. The fraction of sp³-hybridized carbons (Fsp3) is 0.450. The van der Waals surface area contributed by atoms with Crippen molar-refractivity contribution in [3.8, 4) is 0 Å². The molecule has 4 amide bonds. The van der Waals surface area contributed by atoms with Crippen LogP contribution in [0.4, 0.5) is 15.5 Å². The van der Waals surface area contributed by atoms with E-state index < -0.39 is 17.5 Å². The van der Waals surface area contributed by atoms with Crippen molar-refractivity contribution in [2.24, 2.45) is 0 Å². The van der Waals surface area contributed by atoms with Gasteiger partial charge in [-0.1, -0.05) is 55.3 Å². The highest BCUT2D eigenvalue weighted by Gasteiger charge is 2.42. The van der Waals surface area contributed by atoms with Crippen LogP contribution >= 0.6 is 34.5 Å². The molecule has 0 unspecified atom stereocenters. The van der Waals surface area contributed by atoms with E-state index in [4.69, 9.17) is 23.2 Å². The highest BCUT2D eigenvalue weighted by atomic mass is 35.5. The number of aromatic nitrogens is 2. The van der Waals surface area contributed by atoms with Gasteiger partial charge >= 0.3 is 6.03 Å². The van der Waals surface area contributed by atoms with Gasteiger partial charge in [0.25, 0.3) is 5.91 Å². The number of hydrogen-bond donors (Lipinski definition) is 3. The molecule has 3 rings (SSSR count). The van der Waals surface area contributed by atoms with Crippen LogP contribution in [0.1, 0.15) is 50.1 Å². The Bertz CT molecular complexity index is 1060. The Morgan fingerprint density at radius 2 is 1.81 bits per heavy atom. The predicted octanol–water partition coefficient (Wildman–Crippen LogP) is 4.14. The molecule has 2 aromatic rings. The van der Waals surface area contributed by atoms with Gasteiger partial charge in [0.2, 0.25) is 5.91 Å². The lowest BCUT2D eigenvalue weighted by Gasteiger charge is -2.40. The van der Waals surface area contributed by atoms with Crippen molar-refractivity contribution in [1.29, 1.82) is 0 Å². The topological polar surface area (TPSA) is 116 Å². The number of rotatable bonds is 3. The molecular formula is C20H24Cl2N6O3S. The lowest BCUT2D eigenvalue weighted by molar-refractivity contribution is -0.133. The van der Waals surface area contributed by atoms with E-state index in [9.17, 15) is 14.4 Å². The molecule has 32 heavy (non-hydrogen) atoms. The lowest BCUT2D eigenvalue weighted by Crippen LogP contribution is -2.63. The summed E-state index contributed by atoms with van der Waals surface area (Å²) < 4.78 is 0. The predicted molar refractivity (Wildman–Crippen MR) is 126 cm³/mol. The van der Waals surface area contributed by atoms with Gasteiger partial charge in [-0.3, -0.25) is 19.9 Å². The maximum Gasteiger partial charge on any atom is 0.324 e. The summed E-state index contributed by atoms with van der Waals surface area (Å²) in [6.07, 6.45) is 2.71. The number of nitrogens with one attached hydrogen (secondary N) is 3. The van der Waals surface area contributed by atoms with Gasteiger partial charge in [0.15, 0.2) is 5.69 Å². The summed E-state index contributed by atoms with van der Waals surface area (Å²) in [7, 11) is 0. The van der Waals surface area contributed by atoms with Crippen molar-refractivity contribution < 1.29 is 14.4 Å². The molecule has 2 aromatic heterocycles. The van der Waals surface area contributed by atoms with E-state index >= 15 is 0 Å². The molecule has 0 atom stereocenters. The Kier molecular flexibility index (Phi) is 6.69. The standard InChI is InChI=1S/C20H24Cl2N6O3S/c1-19(2,3)17-25-13(15(29)28-7-6-24-16(30)20(28,4)5)14(32-17)27-18(31)26-12-10(21)8-23-9-11(12)22/h8-9H,6-7H2,1-5H3,(H,24,30)(H2,23,26,27,31). The largest absolute Gasteiger partial charge is 0.352 e. The van der Waals surface area contributed by atoms with E-state index in [1.165, 1.54) is 28.6 Å². The Hall–Kier alpha value is -2.43. The normalized spacial score (nSPS) is 15.8. The first kappa shape index (κ1) is 24.2. The fourth-order valence-electron chi connectivity index (χ4n) is 3.03. The molecule has 0 spiro atoms. The Morgan fingerprint density at radius 3 is 2.41 bits per heavy atom. The molecule has 3 N–H and O–H groups in total. The molecule has 1 aliphatic rings. The smallest absolute Gasteiger partial charge is 0.324 e. The van der Waals surface area contributed by atoms with Crippen molar-refractivity contribution in [1.82, 2.24) is 20.2 Å². The summed E-state index contributed by atoms with van der Waals surface area (Å²) in [5.74, 6) is -0.690. The molecule has 0 aliphatic carbocycles. The van der Waals surface area contributed by atoms with E-state index in [1.54, 1.807) is 13.8 Å². The lowest BCUT2D eigenvalue weighted by atomic mass is 9.97. The highest BCUT2D eigenvalue weighted by molar-refractivity contribution is 7.16. The first-order chi connectivity index (χ1) is 14.8. The van der Waals surface area contributed by atoms with Crippen molar-refractivity contribution in [3.63, 3.8) is 0 Å². The molecule has 0 bridgehead atoms. The van der Waals surface area contributed by atoms with E-state index in [0.29, 0.717) is 18.1 Å². The molecular weight excluding hydrogens is 475 g/mol. The Labute approximate surface area is 199 Å². The van der Waals surface area contributed by atoms with Crippen LogP contribution in [-0.4, -0.2) is 51.3 Å². The number of piperazine rings is 1. The highest BCUT2D eigenvalue weighted by Crippen LogP contribution is 2.35. The molecule has 0 saturated carbocycles. The van der Waals surface area contributed by atoms with Gasteiger partial charge in [-0.15, -0.1) is 0 Å². The average molecular weight is 499 g/mol. The number of carbonyl (C=O) groups excluding carboxylic acids is 3. The van der Waals surface area contributed by atoms with Crippen molar-refractivity contribution in [2.75, 3.05) is 23.7 Å². The number of pyridine rings is 1. The van der Waals surface area contributed by atoms with Gasteiger partial charge < -0.3 is 15.5 Å². The van der Waals surface area contributed by atoms with E-state index in [2.05, 4.69) is 25.9 Å². The zero-order valence-electron chi connectivity index (χ0n) is 18.3. The van der Waals surface area contributed by atoms with Gasteiger partial charge in [0.1, 0.15) is 15.5 Å². The summed E-state index contributed by atoms with van der Waals surface area (Å²) in [5, 5.41) is 9.30. The monoisotopic (exact) mass is 498 g/mol. The van der Waals surface area contributed by atoms with Crippen LogP contribution in [0.15, 0.2) is 12.4 Å². The number of urea groups is 1. The number of carbonyl (C=O) groups is 3. The first-order valence-electron chi connectivity index (χ1n) is 9.81. The maximum atomic E-state index is 13.4. The van der Waals surface area contributed by atoms with E-state index in [0.717, 1.165) is 0 Å². The average Bonchev–Trinajstić information content (AvgIpc) is 3.10. The third-order valence-electron chi connectivity index (χ3n) is 4.89. The van der Waals surface area contributed by atoms with Crippen LogP contribution in [0.3, 0.4) is 0 Å². The second-order valence-electron chi connectivity index (χ2n) is 8.78. The molecule has 12 heteroatoms. The minimum Gasteiger partial charge on any atom is -0.352 e. The van der Waals surface area contributed by atoms with Gasteiger partial charge in [-0.2, -0.15) is 0 Å². The number of amides is 4. The Balaban J connectivity index is 1.94. The number of anilines is 2. The van der Waals surface area contributed by atoms with Crippen molar-refractivity contribution >= 4 is 63.1 Å². The molecule has 0 aromatic carbocycles. The van der Waals surface area contributed by atoms with Crippen LogP contribution in [-0.2, 0) is 10.2 Å². The summed E-state index contributed by atoms with van der Waals surface area (Å²) in [6.45, 7) is 9.88. The summed E-state index contributed by atoms with van der Waals surface area (Å²) in [5.41, 5.74) is -1.14. The number of nitrogens with zero attached hydrogens (tertiary/aromatic N) is 3. The second kappa shape index (κ2) is 8.84. The van der Waals surface area contributed by atoms with Crippen LogP contribution in [0, 0.1) is 0 Å². The molecule has 0 radical (unpaired) electrons. The summed E-state index contributed by atoms with van der Waals surface area (Å²) in [6, 6.07) is -0.645. The van der Waals surface area contributed by atoms with Crippen LogP contribution < -0.4 is 16.0 Å². The molecule has 1 fully saturated rings. The van der Waals surface area contributed by atoms with E-state index in [-0.39, 0.29) is 37.7 Å². The van der Waals surface area contributed by atoms with Gasteiger partial charge in [-0.05, 0) is 13.8 Å². The van der Waals surface area contributed by atoms with Crippen LogP contribution in [0.2, 0.25) is 10.0 Å². The zero-order chi connectivity index (χ0) is 23.8. The first-order valence-corrected chi connectivity index (χ1v) is 11.4. The number of halogens is 2. The van der Waals surface area contributed by atoms with E-state index in [1.807, 2.05) is 20.8 Å². The molecule has 3 heterocycles. The van der Waals surface area contributed by atoms with Crippen molar-refractivity contribution in [2.45, 2.75) is 45.6 Å². The quantitative estimate of drug-likeness (QED) is 0.587. The minimum absolute atomic E-state index is 0.0739. The molecule has 1 aliphatic heterocycles. The SMILES string of the molecule is CC(C)(C)c1nc(C(=O)N2CCNC(=O)C2(C)C)c(NC(=O)Nc2c(Cl)cncc2Cl)s1. The number of hydrogen-bond acceptors (Lipinski definition) is 6. The molecule has 9 nitrogen and oxygen atoms in total. The second-order valence-corrected chi connectivity index (χ2v) is 10.6. The number of thiazole rings is 1. The zero-order valence-corrected chi connectivity index (χ0v) is 20.6. The van der Waals surface area contributed by atoms with Crippen molar-refractivity contribution in [3.05, 3.63) is 33.1 Å².